The topological polar surface area (TPSA) is 95.2 Å². The van der Waals surface area contributed by atoms with Gasteiger partial charge in [0.1, 0.15) is 23.6 Å². The Bertz CT molecular complexity index is 961. The Balaban J connectivity index is 2.46. The van der Waals surface area contributed by atoms with Gasteiger partial charge < -0.3 is 0 Å². The lowest BCUT2D eigenvalue weighted by molar-refractivity contribution is 0.609. The third-order valence-electron chi connectivity index (χ3n) is 4.17. The fraction of sp³-hybridized carbons (Fsp3) is 0.130. The van der Waals surface area contributed by atoms with E-state index in [9.17, 15) is 21.0 Å². The molecule has 0 N–H and O–H groups in total. The van der Waals surface area contributed by atoms with Crippen molar-refractivity contribution in [2.24, 2.45) is 5.92 Å². The molecule has 128 valence electrons. The van der Waals surface area contributed by atoms with Crippen LogP contribution in [0.1, 0.15) is 23.5 Å². The zero-order valence-electron chi connectivity index (χ0n) is 14.6. The van der Waals surface area contributed by atoms with E-state index in [1.165, 1.54) is 0 Å². The van der Waals surface area contributed by atoms with Gasteiger partial charge in [-0.1, -0.05) is 72.8 Å². The second-order valence-corrected chi connectivity index (χ2v) is 5.83. The summed E-state index contributed by atoms with van der Waals surface area (Å²) >= 11 is 0. The molecule has 1 unspecified atom stereocenters. The van der Waals surface area contributed by atoms with Gasteiger partial charge in [0.15, 0.2) is 0 Å². The van der Waals surface area contributed by atoms with E-state index in [2.05, 4.69) is 0 Å². The van der Waals surface area contributed by atoms with Crippen LogP contribution in [0.4, 0.5) is 0 Å². The summed E-state index contributed by atoms with van der Waals surface area (Å²) in [5, 5.41) is 37.5. The molecule has 0 amide bonds. The molecule has 4 heteroatoms. The van der Waals surface area contributed by atoms with E-state index >= 15 is 0 Å². The first-order valence-corrected chi connectivity index (χ1v) is 8.34. The molecule has 2 rings (SSSR count). The Morgan fingerprint density at radius 1 is 0.815 bits per heavy atom. The van der Waals surface area contributed by atoms with Crippen LogP contribution in [-0.4, -0.2) is 0 Å². The van der Waals surface area contributed by atoms with Gasteiger partial charge in [-0.2, -0.15) is 21.0 Å². The average molecular weight is 348 g/mol. The molecule has 27 heavy (non-hydrogen) atoms. The van der Waals surface area contributed by atoms with Crippen molar-refractivity contribution in [2.45, 2.75) is 12.3 Å². The van der Waals surface area contributed by atoms with Crippen molar-refractivity contribution in [3.05, 3.63) is 89.0 Å². The standard InChI is InChI=1S/C23H16N4/c24-14-21(15-25)20(12-11-18-7-3-1-4-8-18)13-23(22(16-26)17-27)19-9-5-2-6-10-19/h1-12,22-23H,13H2/b12-11+. The minimum absolute atomic E-state index is 0.0160. The van der Waals surface area contributed by atoms with Crippen molar-refractivity contribution in [1.82, 2.24) is 0 Å². The fourth-order valence-corrected chi connectivity index (χ4v) is 2.76. The minimum atomic E-state index is -0.883. The first-order chi connectivity index (χ1) is 13.2. The highest BCUT2D eigenvalue weighted by molar-refractivity contribution is 5.57. The molecule has 4 nitrogen and oxygen atoms in total. The van der Waals surface area contributed by atoms with E-state index in [1.807, 2.05) is 91.0 Å². The molecule has 0 bridgehead atoms. The van der Waals surface area contributed by atoms with Crippen molar-refractivity contribution in [3.8, 4) is 24.3 Å². The van der Waals surface area contributed by atoms with Crippen molar-refractivity contribution in [1.29, 1.82) is 21.0 Å². The number of hydrogen-bond acceptors (Lipinski definition) is 4. The molecule has 0 saturated heterocycles. The van der Waals surface area contributed by atoms with Crippen LogP contribution in [0.15, 0.2) is 77.9 Å². The minimum Gasteiger partial charge on any atom is -0.197 e. The maximum Gasteiger partial charge on any atom is 0.140 e. The maximum atomic E-state index is 9.39. The van der Waals surface area contributed by atoms with Crippen molar-refractivity contribution in [2.75, 3.05) is 0 Å². The van der Waals surface area contributed by atoms with Gasteiger partial charge in [0.05, 0.1) is 12.1 Å². The van der Waals surface area contributed by atoms with E-state index in [0.717, 1.165) is 11.1 Å². The Kier molecular flexibility index (Phi) is 7.12. The second kappa shape index (κ2) is 10.0. The zero-order chi connectivity index (χ0) is 19.5. The lowest BCUT2D eigenvalue weighted by Crippen LogP contribution is -2.11. The summed E-state index contributed by atoms with van der Waals surface area (Å²) in [4.78, 5) is 0. The first kappa shape index (κ1) is 19.2. The molecule has 1 atom stereocenters. The monoisotopic (exact) mass is 348 g/mol. The fourth-order valence-electron chi connectivity index (χ4n) is 2.76. The highest BCUT2D eigenvalue weighted by atomic mass is 14.4. The van der Waals surface area contributed by atoms with Crippen LogP contribution in [0, 0.1) is 51.2 Å². The molecular formula is C23H16N4. The van der Waals surface area contributed by atoms with Gasteiger partial charge in [-0.15, -0.1) is 0 Å². The number of nitriles is 4. The van der Waals surface area contributed by atoms with E-state index < -0.39 is 11.8 Å². The summed E-state index contributed by atoms with van der Waals surface area (Å²) in [6.45, 7) is 0. The molecule has 2 aromatic rings. The molecule has 0 spiro atoms. The van der Waals surface area contributed by atoms with Crippen molar-refractivity contribution < 1.29 is 0 Å². The van der Waals surface area contributed by atoms with Crippen LogP contribution in [0.25, 0.3) is 6.08 Å². The maximum absolute atomic E-state index is 9.39. The molecule has 0 fully saturated rings. The third kappa shape index (κ3) is 5.17. The number of allylic oxidation sites excluding steroid dienone is 3. The number of hydrogen-bond donors (Lipinski definition) is 0. The van der Waals surface area contributed by atoms with E-state index in [4.69, 9.17) is 0 Å². The smallest absolute Gasteiger partial charge is 0.140 e. The van der Waals surface area contributed by atoms with Gasteiger partial charge in [0.2, 0.25) is 0 Å². The highest BCUT2D eigenvalue weighted by Crippen LogP contribution is 2.32. The Morgan fingerprint density at radius 3 is 1.89 bits per heavy atom. The predicted octanol–water partition coefficient (Wildman–Crippen LogP) is 4.88. The first-order valence-electron chi connectivity index (χ1n) is 8.34. The van der Waals surface area contributed by atoms with Crippen LogP contribution >= 0.6 is 0 Å². The Hall–Kier alpha value is -4.12. The van der Waals surface area contributed by atoms with Crippen LogP contribution in [0.3, 0.4) is 0 Å². The molecular weight excluding hydrogens is 332 g/mol. The highest BCUT2D eigenvalue weighted by Gasteiger charge is 2.24. The van der Waals surface area contributed by atoms with Crippen LogP contribution in [-0.2, 0) is 0 Å². The zero-order valence-corrected chi connectivity index (χ0v) is 14.6. The van der Waals surface area contributed by atoms with Crippen LogP contribution in [0.5, 0.6) is 0 Å². The summed E-state index contributed by atoms with van der Waals surface area (Å²) in [6, 6.07) is 26.7. The lowest BCUT2D eigenvalue weighted by Gasteiger charge is -2.18. The van der Waals surface area contributed by atoms with Crippen molar-refractivity contribution >= 4 is 6.08 Å². The Morgan fingerprint density at radius 2 is 1.37 bits per heavy atom. The van der Waals surface area contributed by atoms with Gasteiger partial charge in [0.25, 0.3) is 0 Å². The summed E-state index contributed by atoms with van der Waals surface area (Å²) in [7, 11) is 0. The molecule has 0 heterocycles. The van der Waals surface area contributed by atoms with Gasteiger partial charge in [-0.3, -0.25) is 0 Å². The Labute approximate surface area is 159 Å². The largest absolute Gasteiger partial charge is 0.197 e. The van der Waals surface area contributed by atoms with Gasteiger partial charge in [-0.05, 0) is 23.1 Å². The van der Waals surface area contributed by atoms with Crippen LogP contribution < -0.4 is 0 Å². The van der Waals surface area contributed by atoms with E-state index in [0.29, 0.717) is 5.57 Å². The summed E-state index contributed by atoms with van der Waals surface area (Å²) < 4.78 is 0. The van der Waals surface area contributed by atoms with E-state index in [-0.39, 0.29) is 12.0 Å². The number of nitrogens with zero attached hydrogens (tertiary/aromatic N) is 4. The summed E-state index contributed by atoms with van der Waals surface area (Å²) in [5.41, 5.74) is 2.25. The SMILES string of the molecule is N#CC(C#N)=C(/C=C/c1ccccc1)CC(c1ccccc1)C(C#N)C#N. The summed E-state index contributed by atoms with van der Waals surface area (Å²) in [6.07, 6.45) is 3.79. The van der Waals surface area contributed by atoms with Gasteiger partial charge in [0, 0.05) is 5.92 Å². The van der Waals surface area contributed by atoms with E-state index in [1.54, 1.807) is 6.08 Å². The number of rotatable bonds is 6. The summed E-state index contributed by atoms with van der Waals surface area (Å²) in [5.74, 6) is -1.32. The average Bonchev–Trinajstić information content (AvgIpc) is 2.73. The van der Waals surface area contributed by atoms with Crippen LogP contribution in [0.2, 0.25) is 0 Å². The molecule has 2 aromatic carbocycles. The normalized spacial score (nSPS) is 11.0. The quantitative estimate of drug-likeness (QED) is 0.549. The van der Waals surface area contributed by atoms with Gasteiger partial charge >= 0.3 is 0 Å². The predicted molar refractivity (Wildman–Crippen MR) is 102 cm³/mol. The lowest BCUT2D eigenvalue weighted by atomic mass is 9.81. The molecule has 0 aliphatic heterocycles. The molecule has 0 radical (unpaired) electrons. The van der Waals surface area contributed by atoms with Gasteiger partial charge in [-0.25, -0.2) is 0 Å². The molecule has 0 aliphatic carbocycles. The molecule has 0 aromatic heterocycles. The molecule has 0 aliphatic rings. The second-order valence-electron chi connectivity index (χ2n) is 5.83. The number of benzene rings is 2. The van der Waals surface area contributed by atoms with Crippen molar-refractivity contribution in [3.63, 3.8) is 0 Å². The molecule has 0 saturated carbocycles. The third-order valence-corrected chi connectivity index (χ3v) is 4.17.